The summed E-state index contributed by atoms with van der Waals surface area (Å²) in [6.45, 7) is 4.54. The predicted octanol–water partition coefficient (Wildman–Crippen LogP) is 0.345. The second-order valence-corrected chi connectivity index (χ2v) is 6.72. The van der Waals surface area contributed by atoms with E-state index in [4.69, 9.17) is 4.74 Å². The number of rotatable bonds is 4. The van der Waals surface area contributed by atoms with Crippen LogP contribution in [-0.2, 0) is 10.0 Å². The van der Waals surface area contributed by atoms with E-state index in [1.54, 1.807) is 12.1 Å². The molecule has 0 unspecified atom stereocenters. The van der Waals surface area contributed by atoms with Gasteiger partial charge in [-0.15, -0.1) is 12.4 Å². The van der Waals surface area contributed by atoms with Crippen LogP contribution in [0.15, 0.2) is 17.0 Å². The number of aliphatic hydroxyl groups excluding tert-OH is 1. The molecular formula is C13H21ClN2O4S. The highest BCUT2D eigenvalue weighted by Gasteiger charge is 2.31. The van der Waals surface area contributed by atoms with Gasteiger partial charge in [0, 0.05) is 13.1 Å². The third-order valence-electron chi connectivity index (χ3n) is 3.56. The molecule has 2 atom stereocenters. The summed E-state index contributed by atoms with van der Waals surface area (Å²) in [6.07, 6.45) is -0.720. The van der Waals surface area contributed by atoms with Crippen LogP contribution in [-0.4, -0.2) is 45.9 Å². The van der Waals surface area contributed by atoms with Gasteiger partial charge in [0.1, 0.15) is 10.6 Å². The van der Waals surface area contributed by atoms with Crippen LogP contribution >= 0.6 is 12.4 Å². The average Bonchev–Trinajstić information content (AvgIpc) is 2.77. The molecule has 3 N–H and O–H groups in total. The first kappa shape index (κ1) is 18.2. The van der Waals surface area contributed by atoms with Crippen LogP contribution in [0, 0.1) is 13.8 Å². The highest BCUT2D eigenvalue weighted by atomic mass is 35.5. The van der Waals surface area contributed by atoms with Crippen molar-refractivity contribution in [2.45, 2.75) is 30.9 Å². The van der Waals surface area contributed by atoms with Crippen molar-refractivity contribution in [2.75, 3.05) is 20.2 Å². The summed E-state index contributed by atoms with van der Waals surface area (Å²) in [5.74, 6) is 0.307. The van der Waals surface area contributed by atoms with Crippen LogP contribution in [0.5, 0.6) is 5.75 Å². The van der Waals surface area contributed by atoms with E-state index < -0.39 is 22.2 Å². The molecule has 0 spiro atoms. The molecule has 1 fully saturated rings. The zero-order valence-electron chi connectivity index (χ0n) is 12.2. The summed E-state index contributed by atoms with van der Waals surface area (Å²) in [5, 5.41) is 12.6. The third-order valence-corrected chi connectivity index (χ3v) is 5.07. The van der Waals surface area contributed by atoms with Crippen LogP contribution in [0.4, 0.5) is 0 Å². The van der Waals surface area contributed by atoms with Crippen molar-refractivity contribution in [1.29, 1.82) is 0 Å². The Bertz CT molecular complexity index is 606. The minimum atomic E-state index is -3.73. The molecule has 1 aliphatic rings. The summed E-state index contributed by atoms with van der Waals surface area (Å²) in [7, 11) is -2.29. The number of methoxy groups -OCH3 is 1. The van der Waals surface area contributed by atoms with Gasteiger partial charge >= 0.3 is 0 Å². The van der Waals surface area contributed by atoms with Gasteiger partial charge in [0.15, 0.2) is 0 Å². The lowest BCUT2D eigenvalue weighted by molar-refractivity contribution is 0.172. The first-order valence-corrected chi connectivity index (χ1v) is 7.90. The molecule has 0 bridgehead atoms. The normalized spacial score (nSPS) is 21.9. The molecule has 1 heterocycles. The van der Waals surface area contributed by atoms with Gasteiger partial charge in [-0.05, 0) is 37.1 Å². The molecule has 120 valence electrons. The van der Waals surface area contributed by atoms with Gasteiger partial charge in [-0.25, -0.2) is 13.1 Å². The minimum absolute atomic E-state index is 0. The van der Waals surface area contributed by atoms with Crippen LogP contribution in [0.2, 0.25) is 0 Å². The third kappa shape index (κ3) is 3.87. The Morgan fingerprint density at radius 3 is 2.43 bits per heavy atom. The molecule has 8 heteroatoms. The van der Waals surface area contributed by atoms with Crippen molar-refractivity contribution < 1.29 is 18.3 Å². The number of aryl methyl sites for hydroxylation is 2. The van der Waals surface area contributed by atoms with Crippen LogP contribution in [0.3, 0.4) is 0 Å². The second-order valence-electron chi connectivity index (χ2n) is 5.04. The van der Waals surface area contributed by atoms with Gasteiger partial charge in [0.25, 0.3) is 0 Å². The van der Waals surface area contributed by atoms with Gasteiger partial charge < -0.3 is 15.2 Å². The molecular weight excluding hydrogens is 316 g/mol. The number of β-amino-alcohol motifs (C(OH)–C–C–N with tert-alkyl or cyclic N) is 1. The fourth-order valence-electron chi connectivity index (χ4n) is 2.18. The van der Waals surface area contributed by atoms with E-state index in [1.807, 2.05) is 13.8 Å². The number of ether oxygens (including phenoxy) is 1. The SMILES string of the molecule is COc1cc(C)c(C)cc1S(=O)(=O)N[C@@H]1CNC[C@H]1O.Cl. The number of hydrogen-bond donors (Lipinski definition) is 3. The summed E-state index contributed by atoms with van der Waals surface area (Å²) in [5.41, 5.74) is 1.83. The van der Waals surface area contributed by atoms with Crippen molar-refractivity contribution in [3.05, 3.63) is 23.3 Å². The average molecular weight is 337 g/mol. The fraction of sp³-hybridized carbons (Fsp3) is 0.538. The predicted molar refractivity (Wildman–Crippen MR) is 82.7 cm³/mol. The smallest absolute Gasteiger partial charge is 0.244 e. The van der Waals surface area contributed by atoms with E-state index in [1.165, 1.54) is 7.11 Å². The van der Waals surface area contributed by atoms with Gasteiger partial charge in [-0.3, -0.25) is 0 Å². The van der Waals surface area contributed by atoms with Crippen LogP contribution in [0.25, 0.3) is 0 Å². The Balaban J connectivity index is 0.00000220. The molecule has 1 saturated heterocycles. The molecule has 21 heavy (non-hydrogen) atoms. The topological polar surface area (TPSA) is 87.7 Å². The van der Waals surface area contributed by atoms with Gasteiger partial charge in [0.2, 0.25) is 10.0 Å². The van der Waals surface area contributed by atoms with Crippen molar-refractivity contribution in [3.63, 3.8) is 0 Å². The zero-order chi connectivity index (χ0) is 14.9. The van der Waals surface area contributed by atoms with Crippen molar-refractivity contribution in [1.82, 2.24) is 10.0 Å². The number of aliphatic hydroxyl groups is 1. The van der Waals surface area contributed by atoms with E-state index in [2.05, 4.69) is 10.0 Å². The minimum Gasteiger partial charge on any atom is -0.495 e. The van der Waals surface area contributed by atoms with E-state index in [0.29, 0.717) is 18.8 Å². The second kappa shape index (κ2) is 6.93. The number of nitrogens with one attached hydrogen (secondary N) is 2. The Morgan fingerprint density at radius 2 is 1.90 bits per heavy atom. The lowest BCUT2D eigenvalue weighted by Crippen LogP contribution is -2.42. The molecule has 1 aliphatic heterocycles. The van der Waals surface area contributed by atoms with E-state index in [9.17, 15) is 13.5 Å². The lowest BCUT2D eigenvalue weighted by atomic mass is 10.1. The highest BCUT2D eigenvalue weighted by molar-refractivity contribution is 7.89. The number of hydrogen-bond acceptors (Lipinski definition) is 5. The van der Waals surface area contributed by atoms with Crippen molar-refractivity contribution in [3.8, 4) is 5.75 Å². The van der Waals surface area contributed by atoms with E-state index in [0.717, 1.165) is 11.1 Å². The fourth-order valence-corrected chi connectivity index (χ4v) is 3.69. The largest absolute Gasteiger partial charge is 0.495 e. The first-order valence-electron chi connectivity index (χ1n) is 6.41. The number of sulfonamides is 1. The molecule has 2 rings (SSSR count). The van der Waals surface area contributed by atoms with E-state index in [-0.39, 0.29) is 17.3 Å². The van der Waals surface area contributed by atoms with E-state index >= 15 is 0 Å². The first-order chi connectivity index (χ1) is 9.35. The Morgan fingerprint density at radius 1 is 1.29 bits per heavy atom. The number of halogens is 1. The maximum absolute atomic E-state index is 12.4. The Hall–Kier alpha value is -0.860. The molecule has 1 aromatic carbocycles. The quantitative estimate of drug-likeness (QED) is 0.738. The monoisotopic (exact) mass is 336 g/mol. The van der Waals surface area contributed by atoms with Gasteiger partial charge in [-0.1, -0.05) is 0 Å². The maximum Gasteiger partial charge on any atom is 0.244 e. The molecule has 6 nitrogen and oxygen atoms in total. The van der Waals surface area contributed by atoms with Gasteiger partial charge in [-0.2, -0.15) is 0 Å². The molecule has 0 saturated carbocycles. The van der Waals surface area contributed by atoms with Gasteiger partial charge in [0.05, 0.1) is 19.3 Å². The summed E-state index contributed by atoms with van der Waals surface area (Å²) in [6, 6.07) is 2.77. The van der Waals surface area contributed by atoms with Crippen molar-refractivity contribution >= 4 is 22.4 Å². The highest BCUT2D eigenvalue weighted by Crippen LogP contribution is 2.27. The number of benzene rings is 1. The molecule has 0 radical (unpaired) electrons. The molecule has 1 aromatic rings. The van der Waals surface area contributed by atoms with Crippen LogP contribution in [0.1, 0.15) is 11.1 Å². The Kier molecular flexibility index (Phi) is 6.01. The standard InChI is InChI=1S/C13H20N2O4S.ClH/c1-8-4-12(19-3)13(5-9(8)2)20(17,18)15-10-6-14-7-11(10)16;/h4-5,10-11,14-16H,6-7H2,1-3H3;1H/t10-,11-;/m1./s1. The lowest BCUT2D eigenvalue weighted by Gasteiger charge is -2.18. The molecule has 0 amide bonds. The molecule has 0 aromatic heterocycles. The van der Waals surface area contributed by atoms with Crippen LogP contribution < -0.4 is 14.8 Å². The maximum atomic E-state index is 12.4. The summed E-state index contributed by atoms with van der Waals surface area (Å²) < 4.78 is 32.6. The summed E-state index contributed by atoms with van der Waals surface area (Å²) >= 11 is 0. The summed E-state index contributed by atoms with van der Waals surface area (Å²) in [4.78, 5) is 0.0993. The Labute approximate surface area is 131 Å². The zero-order valence-corrected chi connectivity index (χ0v) is 13.8. The molecule has 0 aliphatic carbocycles. The van der Waals surface area contributed by atoms with Crippen molar-refractivity contribution in [2.24, 2.45) is 0 Å².